The van der Waals surface area contributed by atoms with Gasteiger partial charge in [-0.05, 0) is 30.8 Å². The van der Waals surface area contributed by atoms with Crippen LogP contribution in [-0.4, -0.2) is 4.98 Å². The maximum Gasteiger partial charge on any atom is 0.0413 e. The standard InChI is InChI=1S/C11H17N/c1-8-6-7-10(9(2)12-8)11(3,4)5/h6-7H,1-5H3/i1D3. The van der Waals surface area contributed by atoms with Crippen LogP contribution in [0.15, 0.2) is 12.1 Å². The van der Waals surface area contributed by atoms with Gasteiger partial charge < -0.3 is 0 Å². The van der Waals surface area contributed by atoms with E-state index in [0.29, 0.717) is 0 Å². The van der Waals surface area contributed by atoms with E-state index in [1.54, 1.807) is 6.07 Å². The van der Waals surface area contributed by atoms with Crippen molar-refractivity contribution in [3.05, 3.63) is 29.1 Å². The molecule has 0 fully saturated rings. The van der Waals surface area contributed by atoms with Crippen LogP contribution in [0.3, 0.4) is 0 Å². The van der Waals surface area contributed by atoms with E-state index in [1.165, 1.54) is 0 Å². The van der Waals surface area contributed by atoms with Gasteiger partial charge in [-0.3, -0.25) is 4.98 Å². The molecule has 0 saturated carbocycles. The van der Waals surface area contributed by atoms with E-state index in [9.17, 15) is 0 Å². The minimum absolute atomic E-state index is 0.00432. The maximum atomic E-state index is 7.27. The van der Waals surface area contributed by atoms with Crippen molar-refractivity contribution in [3.8, 4) is 0 Å². The van der Waals surface area contributed by atoms with Crippen molar-refractivity contribution >= 4 is 0 Å². The van der Waals surface area contributed by atoms with Gasteiger partial charge in [0.2, 0.25) is 0 Å². The third-order valence-electron chi connectivity index (χ3n) is 1.89. The third kappa shape index (κ3) is 1.84. The summed E-state index contributed by atoms with van der Waals surface area (Å²) in [5.74, 6) is 0. The molecule has 1 heterocycles. The number of hydrogen-bond acceptors (Lipinski definition) is 1. The molecule has 0 bridgehead atoms. The molecule has 12 heavy (non-hydrogen) atoms. The van der Waals surface area contributed by atoms with Crippen LogP contribution < -0.4 is 0 Å². The Bertz CT molecular complexity index is 361. The Hall–Kier alpha value is -0.850. The molecule has 0 saturated heterocycles. The summed E-state index contributed by atoms with van der Waals surface area (Å²) in [5.41, 5.74) is 2.07. The normalized spacial score (nSPS) is 16.5. The molecule has 0 aliphatic carbocycles. The lowest BCUT2D eigenvalue weighted by molar-refractivity contribution is 0.581. The molecule has 0 amide bonds. The Kier molecular flexibility index (Phi) is 1.38. The summed E-state index contributed by atoms with van der Waals surface area (Å²) < 4.78 is 21.8. The summed E-state index contributed by atoms with van der Waals surface area (Å²) >= 11 is 0. The molecule has 0 N–H and O–H groups in total. The molecule has 0 unspecified atom stereocenters. The molecule has 0 atom stereocenters. The Morgan fingerprint density at radius 1 is 1.33 bits per heavy atom. The first-order valence-corrected chi connectivity index (χ1v) is 4.11. The predicted octanol–water partition coefficient (Wildman–Crippen LogP) is 3.00. The minimum atomic E-state index is -2.11. The van der Waals surface area contributed by atoms with Crippen molar-refractivity contribution in [3.63, 3.8) is 0 Å². The monoisotopic (exact) mass is 166 g/mol. The van der Waals surface area contributed by atoms with Gasteiger partial charge in [0.15, 0.2) is 0 Å². The maximum absolute atomic E-state index is 7.27. The van der Waals surface area contributed by atoms with E-state index in [2.05, 4.69) is 25.8 Å². The van der Waals surface area contributed by atoms with Gasteiger partial charge in [0.25, 0.3) is 0 Å². The van der Waals surface area contributed by atoms with Crippen LogP contribution in [0.25, 0.3) is 0 Å². The molecule has 66 valence electrons. The second-order valence-corrected chi connectivity index (χ2v) is 4.08. The zero-order valence-corrected chi connectivity index (χ0v) is 8.10. The predicted molar refractivity (Wildman–Crippen MR) is 52.4 cm³/mol. The number of hydrogen-bond donors (Lipinski definition) is 0. The summed E-state index contributed by atoms with van der Waals surface area (Å²) in [6.07, 6.45) is 0. The lowest BCUT2D eigenvalue weighted by atomic mass is 9.86. The van der Waals surface area contributed by atoms with Crippen LogP contribution >= 0.6 is 0 Å². The first kappa shape index (κ1) is 5.74. The summed E-state index contributed by atoms with van der Waals surface area (Å²) in [6.45, 7) is 6.01. The first-order valence-electron chi connectivity index (χ1n) is 5.61. The Balaban J connectivity index is 3.21. The molecule has 0 aromatic carbocycles. The molecule has 1 nitrogen and oxygen atoms in total. The SMILES string of the molecule is [2H]C([2H])([2H])c1ccc(C(C)(C)C)c(C)n1. The molecular weight excluding hydrogens is 146 g/mol. The number of aromatic nitrogens is 1. The van der Waals surface area contributed by atoms with E-state index in [-0.39, 0.29) is 11.1 Å². The highest BCUT2D eigenvalue weighted by molar-refractivity contribution is 5.27. The highest BCUT2D eigenvalue weighted by Gasteiger charge is 2.16. The van der Waals surface area contributed by atoms with Crippen molar-refractivity contribution in [1.29, 1.82) is 0 Å². The molecule has 0 spiro atoms. The van der Waals surface area contributed by atoms with Gasteiger partial charge in [-0.2, -0.15) is 0 Å². The van der Waals surface area contributed by atoms with Crippen molar-refractivity contribution in [1.82, 2.24) is 4.98 Å². The van der Waals surface area contributed by atoms with Gasteiger partial charge in [0.1, 0.15) is 0 Å². The number of pyridine rings is 1. The molecule has 0 aliphatic heterocycles. The second-order valence-electron chi connectivity index (χ2n) is 4.08. The van der Waals surface area contributed by atoms with E-state index in [1.807, 2.05) is 13.0 Å². The molecule has 1 rings (SSSR count). The smallest absolute Gasteiger partial charge is 0.0413 e. The Labute approximate surface area is 79.1 Å². The van der Waals surface area contributed by atoms with Crippen molar-refractivity contribution in [2.24, 2.45) is 0 Å². The average Bonchev–Trinajstić information content (AvgIpc) is 1.99. The van der Waals surface area contributed by atoms with Crippen LogP contribution in [0, 0.1) is 13.8 Å². The molecule has 0 radical (unpaired) electrons. The number of rotatable bonds is 0. The van der Waals surface area contributed by atoms with Gasteiger partial charge in [-0.15, -0.1) is 0 Å². The minimum Gasteiger partial charge on any atom is -0.258 e. The van der Waals surface area contributed by atoms with Crippen LogP contribution in [0.5, 0.6) is 0 Å². The summed E-state index contributed by atoms with van der Waals surface area (Å²) in [7, 11) is 0. The highest BCUT2D eigenvalue weighted by atomic mass is 14.7. The molecule has 1 heteroatoms. The second kappa shape index (κ2) is 2.89. The quantitative estimate of drug-likeness (QED) is 0.577. The van der Waals surface area contributed by atoms with E-state index in [4.69, 9.17) is 4.11 Å². The summed E-state index contributed by atoms with van der Waals surface area (Å²) in [5, 5.41) is 0. The highest BCUT2D eigenvalue weighted by Crippen LogP contribution is 2.24. The van der Waals surface area contributed by atoms with E-state index >= 15 is 0 Å². The van der Waals surface area contributed by atoms with Gasteiger partial charge in [-0.1, -0.05) is 26.8 Å². The zero-order chi connectivity index (χ0) is 11.9. The van der Waals surface area contributed by atoms with Crippen molar-refractivity contribution in [2.45, 2.75) is 40.0 Å². The fourth-order valence-electron chi connectivity index (χ4n) is 1.35. The molecule has 1 aromatic rings. The average molecular weight is 166 g/mol. The lowest BCUT2D eigenvalue weighted by Crippen LogP contribution is -2.14. The van der Waals surface area contributed by atoms with Gasteiger partial charge >= 0.3 is 0 Å². The van der Waals surface area contributed by atoms with Crippen molar-refractivity contribution < 1.29 is 4.11 Å². The lowest BCUT2D eigenvalue weighted by Gasteiger charge is -2.20. The first-order chi connectivity index (χ1) is 6.62. The van der Waals surface area contributed by atoms with E-state index in [0.717, 1.165) is 11.3 Å². The summed E-state index contributed by atoms with van der Waals surface area (Å²) in [4.78, 5) is 4.15. The largest absolute Gasteiger partial charge is 0.258 e. The van der Waals surface area contributed by atoms with Gasteiger partial charge in [0, 0.05) is 15.5 Å². The van der Waals surface area contributed by atoms with Crippen LogP contribution in [0.2, 0.25) is 0 Å². The van der Waals surface area contributed by atoms with Crippen molar-refractivity contribution in [2.75, 3.05) is 0 Å². The fraction of sp³-hybridized carbons (Fsp3) is 0.545. The topological polar surface area (TPSA) is 12.9 Å². The van der Waals surface area contributed by atoms with Crippen LogP contribution in [0.1, 0.15) is 41.8 Å². The molecule has 1 aromatic heterocycles. The third-order valence-corrected chi connectivity index (χ3v) is 1.89. The number of aryl methyl sites for hydroxylation is 2. The summed E-state index contributed by atoms with van der Waals surface area (Å²) in [6, 6.07) is 3.46. The fourth-order valence-corrected chi connectivity index (χ4v) is 1.35. The van der Waals surface area contributed by atoms with Gasteiger partial charge in [-0.25, -0.2) is 0 Å². The molecule has 0 aliphatic rings. The van der Waals surface area contributed by atoms with Crippen LogP contribution in [-0.2, 0) is 5.41 Å². The van der Waals surface area contributed by atoms with Crippen LogP contribution in [0.4, 0.5) is 0 Å². The van der Waals surface area contributed by atoms with E-state index < -0.39 is 6.85 Å². The Morgan fingerprint density at radius 3 is 2.42 bits per heavy atom. The Morgan fingerprint density at radius 2 is 2.00 bits per heavy atom. The van der Waals surface area contributed by atoms with Gasteiger partial charge in [0.05, 0.1) is 0 Å². The molecular formula is C11H17N. The zero-order valence-electron chi connectivity index (χ0n) is 11.1. The number of nitrogens with zero attached hydrogens (tertiary/aromatic N) is 1.